The van der Waals surface area contributed by atoms with Crippen LogP contribution in [0.2, 0.25) is 0 Å². The predicted molar refractivity (Wildman–Crippen MR) is 48.3 cm³/mol. The summed E-state index contributed by atoms with van der Waals surface area (Å²) in [5, 5.41) is 16.8. The summed E-state index contributed by atoms with van der Waals surface area (Å²) in [6.45, 7) is 0. The van der Waals surface area contributed by atoms with E-state index >= 15 is 0 Å². The molecule has 0 aliphatic rings. The van der Waals surface area contributed by atoms with E-state index in [-0.39, 0.29) is 12.0 Å². The van der Waals surface area contributed by atoms with Gasteiger partial charge in [0, 0.05) is 11.8 Å². The van der Waals surface area contributed by atoms with Crippen molar-refractivity contribution in [3.05, 3.63) is 29.3 Å². The van der Waals surface area contributed by atoms with Crippen molar-refractivity contribution in [3.63, 3.8) is 0 Å². The Bertz CT molecular complexity index is 494. The lowest BCUT2D eigenvalue weighted by molar-refractivity contribution is 0.0690. The van der Waals surface area contributed by atoms with Crippen LogP contribution in [0, 0.1) is 29.1 Å². The third-order valence-electron chi connectivity index (χ3n) is 1.47. The summed E-state index contributed by atoms with van der Waals surface area (Å²) in [7, 11) is 0. The molecule has 0 fully saturated rings. The molecule has 0 atom stereocenters. The number of nitriles is 1. The molecule has 0 saturated heterocycles. The zero-order chi connectivity index (χ0) is 11.3. The van der Waals surface area contributed by atoms with Crippen LogP contribution in [0.15, 0.2) is 12.3 Å². The first-order valence-corrected chi connectivity index (χ1v) is 3.90. The molecule has 1 rings (SSSR count). The molecule has 0 aromatic carbocycles. The van der Waals surface area contributed by atoms with Gasteiger partial charge in [-0.15, -0.1) is 0 Å². The van der Waals surface area contributed by atoms with E-state index in [0.717, 1.165) is 12.3 Å². The van der Waals surface area contributed by atoms with E-state index in [1.807, 2.05) is 0 Å². The second-order valence-corrected chi connectivity index (χ2v) is 2.50. The lowest BCUT2D eigenvalue weighted by atomic mass is 10.2. The SMILES string of the molecule is N#CCC#Cc1cnc(F)c(C(=O)O)c1. The van der Waals surface area contributed by atoms with Crippen molar-refractivity contribution < 1.29 is 14.3 Å². The van der Waals surface area contributed by atoms with Crippen molar-refractivity contribution in [2.45, 2.75) is 6.42 Å². The summed E-state index contributed by atoms with van der Waals surface area (Å²) in [6.07, 6.45) is 1.14. The van der Waals surface area contributed by atoms with Gasteiger partial charge in [0.1, 0.15) is 5.56 Å². The number of hydrogen-bond acceptors (Lipinski definition) is 3. The number of carboxylic acids is 1. The Morgan fingerprint density at radius 3 is 3.00 bits per heavy atom. The monoisotopic (exact) mass is 204 g/mol. The minimum Gasteiger partial charge on any atom is -0.478 e. The fourth-order valence-corrected chi connectivity index (χ4v) is 0.852. The Kier molecular flexibility index (Phi) is 3.37. The van der Waals surface area contributed by atoms with E-state index in [4.69, 9.17) is 10.4 Å². The Morgan fingerprint density at radius 1 is 1.67 bits per heavy atom. The van der Waals surface area contributed by atoms with E-state index in [1.165, 1.54) is 0 Å². The number of carboxylic acid groups (broad SMARTS) is 1. The van der Waals surface area contributed by atoms with Gasteiger partial charge >= 0.3 is 5.97 Å². The van der Waals surface area contributed by atoms with Gasteiger partial charge in [0.2, 0.25) is 5.95 Å². The molecular weight excluding hydrogens is 199 g/mol. The van der Waals surface area contributed by atoms with Crippen LogP contribution >= 0.6 is 0 Å². The molecular formula is C10H5FN2O2. The van der Waals surface area contributed by atoms with Crippen molar-refractivity contribution in [3.8, 4) is 17.9 Å². The third kappa shape index (κ3) is 2.78. The Labute approximate surface area is 85.0 Å². The molecule has 1 heterocycles. The molecule has 0 radical (unpaired) electrons. The highest BCUT2D eigenvalue weighted by Crippen LogP contribution is 2.06. The molecule has 0 spiro atoms. The molecule has 0 amide bonds. The van der Waals surface area contributed by atoms with E-state index < -0.39 is 17.5 Å². The number of halogens is 1. The lowest BCUT2D eigenvalue weighted by Crippen LogP contribution is -2.03. The van der Waals surface area contributed by atoms with E-state index in [2.05, 4.69) is 16.8 Å². The van der Waals surface area contributed by atoms with Gasteiger partial charge in [-0.3, -0.25) is 0 Å². The van der Waals surface area contributed by atoms with Crippen molar-refractivity contribution in [2.24, 2.45) is 0 Å². The van der Waals surface area contributed by atoms with Gasteiger partial charge in [-0.05, 0) is 6.07 Å². The summed E-state index contributed by atoms with van der Waals surface area (Å²) in [4.78, 5) is 13.8. The number of aromatic carboxylic acids is 1. The molecule has 0 bridgehead atoms. The smallest absolute Gasteiger partial charge is 0.340 e. The van der Waals surface area contributed by atoms with Gasteiger partial charge in [0.15, 0.2) is 0 Å². The molecule has 5 heteroatoms. The third-order valence-corrected chi connectivity index (χ3v) is 1.47. The standard InChI is InChI=1S/C10H5FN2O2/c11-9-8(10(14)15)5-7(6-13-9)3-1-2-4-12/h5-6H,2H2,(H,14,15). The van der Waals surface area contributed by atoms with Gasteiger partial charge < -0.3 is 5.11 Å². The maximum absolute atomic E-state index is 12.8. The molecule has 4 nitrogen and oxygen atoms in total. The molecule has 1 aromatic rings. The number of carbonyl (C=O) groups is 1. The van der Waals surface area contributed by atoms with E-state index in [1.54, 1.807) is 6.07 Å². The van der Waals surface area contributed by atoms with Gasteiger partial charge in [-0.25, -0.2) is 9.78 Å². The molecule has 0 saturated carbocycles. The van der Waals surface area contributed by atoms with Gasteiger partial charge in [0.25, 0.3) is 0 Å². The molecule has 0 unspecified atom stereocenters. The van der Waals surface area contributed by atoms with Crippen LogP contribution in [0.5, 0.6) is 0 Å². The van der Waals surface area contributed by atoms with Crippen LogP contribution in [0.25, 0.3) is 0 Å². The zero-order valence-electron chi connectivity index (χ0n) is 7.49. The number of nitrogens with zero attached hydrogens (tertiary/aromatic N) is 2. The molecule has 1 aromatic heterocycles. The maximum Gasteiger partial charge on any atom is 0.340 e. The lowest BCUT2D eigenvalue weighted by Gasteiger charge is -1.96. The van der Waals surface area contributed by atoms with E-state index in [9.17, 15) is 9.18 Å². The predicted octanol–water partition coefficient (Wildman–Crippen LogP) is 1.18. The summed E-state index contributed by atoms with van der Waals surface area (Å²) < 4.78 is 12.8. The fraction of sp³-hybridized carbons (Fsp3) is 0.100. The van der Waals surface area contributed by atoms with Crippen LogP contribution < -0.4 is 0 Å². The van der Waals surface area contributed by atoms with Gasteiger partial charge in [-0.1, -0.05) is 11.8 Å². The van der Waals surface area contributed by atoms with Crippen molar-refractivity contribution in [1.82, 2.24) is 4.98 Å². The van der Waals surface area contributed by atoms with Crippen molar-refractivity contribution in [1.29, 1.82) is 5.26 Å². The molecule has 0 aliphatic heterocycles. The fourth-order valence-electron chi connectivity index (χ4n) is 0.852. The summed E-state index contributed by atoms with van der Waals surface area (Å²) >= 11 is 0. The average molecular weight is 204 g/mol. The number of pyridine rings is 1. The quantitative estimate of drug-likeness (QED) is 0.550. The minimum absolute atomic E-state index is 0.0276. The van der Waals surface area contributed by atoms with Crippen molar-refractivity contribution in [2.75, 3.05) is 0 Å². The second-order valence-electron chi connectivity index (χ2n) is 2.50. The Morgan fingerprint density at radius 2 is 2.40 bits per heavy atom. The zero-order valence-corrected chi connectivity index (χ0v) is 7.49. The van der Waals surface area contributed by atoms with Crippen LogP contribution in [0.1, 0.15) is 22.3 Å². The van der Waals surface area contributed by atoms with Gasteiger partial charge in [0.05, 0.1) is 12.5 Å². The average Bonchev–Trinajstić information content (AvgIpc) is 2.20. The van der Waals surface area contributed by atoms with Crippen LogP contribution in [0.4, 0.5) is 4.39 Å². The Hall–Kier alpha value is -2.40. The highest BCUT2D eigenvalue weighted by atomic mass is 19.1. The van der Waals surface area contributed by atoms with E-state index in [0.29, 0.717) is 0 Å². The molecule has 15 heavy (non-hydrogen) atoms. The van der Waals surface area contributed by atoms with Gasteiger partial charge in [-0.2, -0.15) is 9.65 Å². The van der Waals surface area contributed by atoms with Crippen LogP contribution in [-0.2, 0) is 0 Å². The van der Waals surface area contributed by atoms with Crippen LogP contribution in [-0.4, -0.2) is 16.1 Å². The highest BCUT2D eigenvalue weighted by Gasteiger charge is 2.11. The minimum atomic E-state index is -1.40. The largest absolute Gasteiger partial charge is 0.478 e. The second kappa shape index (κ2) is 4.73. The normalized spacial score (nSPS) is 8.53. The number of hydrogen-bond donors (Lipinski definition) is 1. The Balaban J connectivity index is 3.05. The summed E-state index contributed by atoms with van der Waals surface area (Å²) in [6, 6.07) is 2.88. The highest BCUT2D eigenvalue weighted by molar-refractivity contribution is 5.87. The first-order valence-electron chi connectivity index (χ1n) is 3.90. The first kappa shape index (κ1) is 10.7. The van der Waals surface area contributed by atoms with Crippen molar-refractivity contribution >= 4 is 5.97 Å². The maximum atomic E-state index is 12.8. The molecule has 1 N–H and O–H groups in total. The van der Waals surface area contributed by atoms with Crippen LogP contribution in [0.3, 0.4) is 0 Å². The molecule has 74 valence electrons. The molecule has 0 aliphatic carbocycles. The number of rotatable bonds is 1. The number of aromatic nitrogens is 1. The first-order chi connectivity index (χ1) is 7.15. The summed E-state index contributed by atoms with van der Waals surface area (Å²) in [5.41, 5.74) is -0.261. The summed E-state index contributed by atoms with van der Waals surface area (Å²) in [5.74, 6) is 2.53. The topological polar surface area (TPSA) is 74.0 Å².